The molecule has 0 atom stereocenters. The van der Waals surface area contributed by atoms with Crippen LogP contribution in [0.15, 0.2) is 0 Å². The number of hydrogen-bond donors (Lipinski definition) is 3. The Morgan fingerprint density at radius 3 is 1.40 bits per heavy atom. The first-order chi connectivity index (χ1) is 3.91. The number of rotatable bonds is 1. The van der Waals surface area contributed by atoms with Gasteiger partial charge in [0, 0.05) is 6.61 Å². The van der Waals surface area contributed by atoms with Gasteiger partial charge in [0.15, 0.2) is 0 Å². The minimum atomic E-state index is -4.67. The van der Waals surface area contributed by atoms with E-state index >= 15 is 0 Å². The summed E-state index contributed by atoms with van der Waals surface area (Å²) < 4.78 is 31.6. The summed E-state index contributed by atoms with van der Waals surface area (Å²) in [6, 6.07) is 0. The van der Waals surface area contributed by atoms with Crippen molar-refractivity contribution < 1.29 is 22.6 Å². The standard InChI is InChI=1S/C3H8O.Na.H2O4S.H/c1-2-3-4;;1-5(2,3)4;/h4H,2-3H2,1H3;;(H2,1,2,3,4);. The zero-order valence-corrected chi connectivity index (χ0v) is 5.80. The molecule has 5 nitrogen and oxygen atoms in total. The molecule has 0 bridgehead atoms. The third kappa shape index (κ3) is 162. The molecule has 0 saturated carbocycles. The Bertz CT molecular complexity index is 120. The second kappa shape index (κ2) is 9.83. The average Bonchev–Trinajstić information content (AvgIpc) is 1.61. The van der Waals surface area contributed by atoms with Gasteiger partial charge in [-0.1, -0.05) is 6.92 Å². The van der Waals surface area contributed by atoms with E-state index in [4.69, 9.17) is 22.6 Å². The van der Waals surface area contributed by atoms with Crippen molar-refractivity contribution in [2.45, 2.75) is 13.3 Å². The summed E-state index contributed by atoms with van der Waals surface area (Å²) in [5, 5.41) is 7.88. The van der Waals surface area contributed by atoms with E-state index in [9.17, 15) is 0 Å². The van der Waals surface area contributed by atoms with Crippen LogP contribution in [-0.4, -0.2) is 58.8 Å². The quantitative estimate of drug-likeness (QED) is 0.360. The summed E-state index contributed by atoms with van der Waals surface area (Å²) in [7, 11) is -4.67. The van der Waals surface area contributed by atoms with Crippen molar-refractivity contribution in [3.8, 4) is 0 Å². The van der Waals surface area contributed by atoms with E-state index in [-0.39, 0.29) is 29.6 Å². The summed E-state index contributed by atoms with van der Waals surface area (Å²) in [6.07, 6.45) is 0.875. The molecule has 60 valence electrons. The number of hydrogen-bond acceptors (Lipinski definition) is 3. The molecule has 3 N–H and O–H groups in total. The van der Waals surface area contributed by atoms with Crippen molar-refractivity contribution >= 4 is 40.0 Å². The maximum absolute atomic E-state index is 8.74. The fourth-order valence-corrected chi connectivity index (χ4v) is 0. The van der Waals surface area contributed by atoms with Gasteiger partial charge in [-0.05, 0) is 6.42 Å². The van der Waals surface area contributed by atoms with Gasteiger partial charge in [0.2, 0.25) is 0 Å². The van der Waals surface area contributed by atoms with E-state index in [1.807, 2.05) is 6.92 Å². The summed E-state index contributed by atoms with van der Waals surface area (Å²) in [4.78, 5) is 0. The molecule has 0 aromatic rings. The van der Waals surface area contributed by atoms with Gasteiger partial charge >= 0.3 is 40.0 Å². The van der Waals surface area contributed by atoms with Crippen LogP contribution in [0.3, 0.4) is 0 Å². The monoisotopic (exact) mass is 182 g/mol. The van der Waals surface area contributed by atoms with E-state index in [0.29, 0.717) is 6.61 Å². The zero-order valence-electron chi connectivity index (χ0n) is 4.98. The molecule has 0 aromatic carbocycles. The van der Waals surface area contributed by atoms with Crippen LogP contribution in [0.2, 0.25) is 0 Å². The molecule has 0 aliphatic carbocycles. The predicted octanol–water partition coefficient (Wildman–Crippen LogP) is -0.913. The van der Waals surface area contributed by atoms with Crippen LogP contribution in [0.4, 0.5) is 0 Å². The molecule has 0 heterocycles. The van der Waals surface area contributed by atoms with Gasteiger partial charge < -0.3 is 5.11 Å². The maximum atomic E-state index is 8.74. The molecule has 0 aromatic heterocycles. The molecular formula is C3H11NaO5S. The van der Waals surface area contributed by atoms with Crippen molar-refractivity contribution in [2.24, 2.45) is 0 Å². The molecule has 0 radical (unpaired) electrons. The fourth-order valence-electron chi connectivity index (χ4n) is 0. The normalized spacial score (nSPS) is 8.80. The van der Waals surface area contributed by atoms with E-state index in [2.05, 4.69) is 0 Å². The minimum absolute atomic E-state index is 0. The van der Waals surface area contributed by atoms with Crippen LogP contribution in [0, 0.1) is 0 Å². The zero-order chi connectivity index (χ0) is 7.91. The first-order valence-electron chi connectivity index (χ1n) is 2.22. The van der Waals surface area contributed by atoms with Crippen LogP contribution in [0.25, 0.3) is 0 Å². The van der Waals surface area contributed by atoms with Crippen LogP contribution in [-0.2, 0) is 10.4 Å². The van der Waals surface area contributed by atoms with Crippen LogP contribution in [0.5, 0.6) is 0 Å². The topological polar surface area (TPSA) is 94.8 Å². The van der Waals surface area contributed by atoms with E-state index in [0.717, 1.165) is 6.42 Å². The summed E-state index contributed by atoms with van der Waals surface area (Å²) >= 11 is 0. The number of aliphatic hydroxyl groups excluding tert-OH is 1. The second-order valence-corrected chi connectivity index (χ2v) is 2.07. The summed E-state index contributed by atoms with van der Waals surface area (Å²) in [6.45, 7) is 2.25. The van der Waals surface area contributed by atoms with Crippen LogP contribution < -0.4 is 0 Å². The molecule has 10 heavy (non-hydrogen) atoms. The predicted molar refractivity (Wildman–Crippen MR) is 38.7 cm³/mol. The van der Waals surface area contributed by atoms with Crippen molar-refractivity contribution in [2.75, 3.05) is 6.61 Å². The van der Waals surface area contributed by atoms with Crippen molar-refractivity contribution in [3.05, 3.63) is 0 Å². The Morgan fingerprint density at radius 2 is 1.40 bits per heavy atom. The van der Waals surface area contributed by atoms with Gasteiger partial charge in [-0.3, -0.25) is 9.11 Å². The average molecular weight is 182 g/mol. The summed E-state index contributed by atoms with van der Waals surface area (Å²) in [5.41, 5.74) is 0. The van der Waals surface area contributed by atoms with Crippen molar-refractivity contribution in [3.63, 3.8) is 0 Å². The van der Waals surface area contributed by atoms with Crippen LogP contribution >= 0.6 is 0 Å². The van der Waals surface area contributed by atoms with E-state index < -0.39 is 10.4 Å². The Hall–Kier alpha value is 0.830. The fraction of sp³-hybridized carbons (Fsp3) is 1.00. The number of aliphatic hydroxyl groups is 1. The molecule has 0 saturated heterocycles. The van der Waals surface area contributed by atoms with Gasteiger partial charge in [0.25, 0.3) is 0 Å². The van der Waals surface area contributed by atoms with Crippen molar-refractivity contribution in [1.82, 2.24) is 0 Å². The Labute approximate surface area is 82.3 Å². The molecule has 0 aliphatic rings. The Kier molecular flexibility index (Phi) is 16.8. The van der Waals surface area contributed by atoms with Gasteiger partial charge in [-0.2, -0.15) is 8.42 Å². The van der Waals surface area contributed by atoms with Gasteiger partial charge in [-0.15, -0.1) is 0 Å². The van der Waals surface area contributed by atoms with Crippen molar-refractivity contribution in [1.29, 1.82) is 0 Å². The van der Waals surface area contributed by atoms with Gasteiger partial charge in [0.1, 0.15) is 0 Å². The molecule has 7 heteroatoms. The van der Waals surface area contributed by atoms with Gasteiger partial charge in [0.05, 0.1) is 0 Å². The summed E-state index contributed by atoms with van der Waals surface area (Å²) in [5.74, 6) is 0. The van der Waals surface area contributed by atoms with Crippen LogP contribution in [0.1, 0.15) is 13.3 Å². The van der Waals surface area contributed by atoms with Gasteiger partial charge in [-0.25, -0.2) is 0 Å². The molecule has 0 aliphatic heterocycles. The third-order valence-corrected chi connectivity index (χ3v) is 0.224. The molecule has 0 spiro atoms. The first kappa shape index (κ1) is 17.1. The first-order valence-corrected chi connectivity index (χ1v) is 3.62. The molecule has 0 unspecified atom stereocenters. The van der Waals surface area contributed by atoms with E-state index in [1.54, 1.807) is 0 Å². The molecular weight excluding hydrogens is 171 g/mol. The molecule has 0 rings (SSSR count). The molecule has 0 fully saturated rings. The Balaban J connectivity index is -0.0000000910. The van der Waals surface area contributed by atoms with E-state index in [1.165, 1.54) is 0 Å². The Morgan fingerprint density at radius 1 is 1.30 bits per heavy atom. The third-order valence-electron chi connectivity index (χ3n) is 0.224. The second-order valence-electron chi connectivity index (χ2n) is 1.17. The molecule has 0 amide bonds. The SMILES string of the molecule is CCCO.O=S(=O)(O)O.[NaH].